The number of nitrogens with two attached hydrogens (primary N) is 1. The lowest BCUT2D eigenvalue weighted by atomic mass is 10.0. The molecule has 2 aliphatic rings. The van der Waals surface area contributed by atoms with Crippen LogP contribution in [-0.4, -0.2) is 70.4 Å². The Balaban J connectivity index is 1.52. The highest BCUT2D eigenvalue weighted by Crippen LogP contribution is 2.40. The molecule has 2 aliphatic heterocycles. The van der Waals surface area contributed by atoms with E-state index in [0.717, 1.165) is 32.6 Å². The number of carboxylic acid groups (broad SMARTS) is 1. The summed E-state index contributed by atoms with van der Waals surface area (Å²) < 4.78 is 3.73. The van der Waals surface area contributed by atoms with Gasteiger partial charge in [0, 0.05) is 11.1 Å². The van der Waals surface area contributed by atoms with Crippen LogP contribution in [0.5, 0.6) is 0 Å². The monoisotopic (exact) mass is 479 g/mol. The van der Waals surface area contributed by atoms with Gasteiger partial charge in [-0.3, -0.25) is 14.5 Å². The van der Waals surface area contributed by atoms with Crippen molar-refractivity contribution in [1.82, 2.24) is 24.8 Å². The lowest BCUT2D eigenvalue weighted by Gasteiger charge is -2.49. The molecular formula is C16H13N7O5S3. The number of hydrogen-bond donors (Lipinski definition) is 4. The zero-order valence-corrected chi connectivity index (χ0v) is 17.8. The molecule has 1 fully saturated rings. The number of carbonyl (C=O) groups excluding carboxylic acids is 2. The van der Waals surface area contributed by atoms with Crippen molar-refractivity contribution in [2.75, 3.05) is 11.5 Å². The zero-order valence-electron chi connectivity index (χ0n) is 15.3. The van der Waals surface area contributed by atoms with E-state index >= 15 is 0 Å². The van der Waals surface area contributed by atoms with Crippen LogP contribution in [0.1, 0.15) is 10.6 Å². The number of fused-ring (bicyclic) bond motifs is 1. The van der Waals surface area contributed by atoms with E-state index in [0.29, 0.717) is 11.3 Å². The molecule has 15 heteroatoms. The van der Waals surface area contributed by atoms with Crippen molar-refractivity contribution in [1.29, 1.82) is 0 Å². The van der Waals surface area contributed by atoms with Crippen LogP contribution in [-0.2, 0) is 14.4 Å². The van der Waals surface area contributed by atoms with Gasteiger partial charge in [0.05, 0.1) is 11.1 Å². The van der Waals surface area contributed by atoms with Crippen LogP contribution in [0.25, 0.3) is 6.08 Å². The van der Waals surface area contributed by atoms with Gasteiger partial charge in [-0.25, -0.2) is 9.78 Å². The van der Waals surface area contributed by atoms with Gasteiger partial charge < -0.3 is 21.4 Å². The van der Waals surface area contributed by atoms with Crippen LogP contribution >= 0.6 is 34.6 Å². The molecule has 0 radical (unpaired) electrons. The molecular weight excluding hydrogens is 466 g/mol. The summed E-state index contributed by atoms with van der Waals surface area (Å²) in [5, 5.41) is 29.0. The van der Waals surface area contributed by atoms with Gasteiger partial charge in [-0.2, -0.15) is 0 Å². The van der Waals surface area contributed by atoms with Crippen molar-refractivity contribution in [3.8, 4) is 0 Å². The van der Waals surface area contributed by atoms with E-state index in [9.17, 15) is 24.7 Å². The van der Waals surface area contributed by atoms with E-state index in [4.69, 9.17) is 5.73 Å². The fourth-order valence-electron chi connectivity index (χ4n) is 3.02. The number of β-lactam (4-membered cyclic amide) rings is 1. The first-order valence-electron chi connectivity index (χ1n) is 8.51. The average molecular weight is 480 g/mol. The number of amides is 2. The van der Waals surface area contributed by atoms with Gasteiger partial charge in [0.1, 0.15) is 22.8 Å². The summed E-state index contributed by atoms with van der Waals surface area (Å²) in [5.41, 5.74) is 5.52. The van der Waals surface area contributed by atoms with Crippen molar-refractivity contribution in [3.63, 3.8) is 0 Å². The number of thioether (sulfide) groups is 1. The van der Waals surface area contributed by atoms with E-state index in [1.165, 1.54) is 23.3 Å². The molecule has 2 aromatic rings. The molecule has 5 N–H and O–H groups in total. The molecule has 12 nitrogen and oxygen atoms in total. The van der Waals surface area contributed by atoms with Crippen LogP contribution in [0.2, 0.25) is 0 Å². The Morgan fingerprint density at radius 2 is 2.19 bits per heavy atom. The van der Waals surface area contributed by atoms with E-state index in [2.05, 4.69) is 25.0 Å². The quantitative estimate of drug-likeness (QED) is 0.193. The Labute approximate surface area is 186 Å². The maximum Gasteiger partial charge on any atom is 0.352 e. The molecule has 0 saturated carbocycles. The van der Waals surface area contributed by atoms with Crippen molar-refractivity contribution < 1.29 is 24.7 Å². The molecule has 2 aromatic heterocycles. The van der Waals surface area contributed by atoms with Gasteiger partial charge in [-0.05, 0) is 23.2 Å². The fourth-order valence-corrected chi connectivity index (χ4v) is 5.30. The van der Waals surface area contributed by atoms with Gasteiger partial charge in [0.25, 0.3) is 11.8 Å². The Morgan fingerprint density at radius 1 is 1.39 bits per heavy atom. The Bertz CT molecular complexity index is 1140. The lowest BCUT2D eigenvalue weighted by molar-refractivity contribution is -0.150. The molecule has 1 saturated heterocycles. The molecule has 2 atom stereocenters. The normalized spacial score (nSPS) is 21.2. The third-order valence-corrected chi connectivity index (χ3v) is 7.00. The minimum atomic E-state index is -1.25. The molecule has 1 unspecified atom stereocenters. The summed E-state index contributed by atoms with van der Waals surface area (Å²) in [5.74, 6) is -2.34. The topological polar surface area (TPSA) is 184 Å². The summed E-state index contributed by atoms with van der Waals surface area (Å²) in [4.78, 5) is 42.8. The smallest absolute Gasteiger partial charge is 0.352 e. The molecule has 0 aromatic carbocycles. The second kappa shape index (κ2) is 8.44. The first-order valence-corrected chi connectivity index (χ1v) is 11.2. The van der Waals surface area contributed by atoms with E-state index in [-0.39, 0.29) is 16.5 Å². The number of rotatable bonds is 6. The second-order valence-electron chi connectivity index (χ2n) is 6.21. The summed E-state index contributed by atoms with van der Waals surface area (Å²) >= 11 is 3.52. The van der Waals surface area contributed by atoms with Crippen LogP contribution < -0.4 is 11.1 Å². The molecule has 4 rings (SSSR count). The van der Waals surface area contributed by atoms with Crippen molar-refractivity contribution >= 4 is 69.3 Å². The van der Waals surface area contributed by atoms with Gasteiger partial charge in [0.15, 0.2) is 10.8 Å². The standard InChI is InChI=1S/C16H13N7O5S3/c17-16-19-8(5-30-16)9(21-28)12(24)20-10-13(25)23-11(15(26)27)6(4-29-14(10)23)1-2-7-3-18-22-31-7/h1-3,5,10,14,28H,4H2,(H2,17,19)(H,20,24)(H,26,27)/b2-1+,21-9-/t10?,14-/m0/s1. The fraction of sp³-hybridized carbons (Fsp3) is 0.188. The van der Waals surface area contributed by atoms with Crippen molar-refractivity contribution in [2.45, 2.75) is 11.4 Å². The number of nitrogens with one attached hydrogen (secondary N) is 1. The van der Waals surface area contributed by atoms with Crippen LogP contribution in [0.4, 0.5) is 5.13 Å². The summed E-state index contributed by atoms with van der Waals surface area (Å²) in [6.07, 6.45) is 4.83. The SMILES string of the molecule is Nc1nc(/C(=N/O)C(=O)NC2C(=O)N3C(C(=O)O)=C(/C=C/c4cnns4)CS[C@@H]23)cs1. The number of hydrogen-bond acceptors (Lipinski definition) is 12. The predicted molar refractivity (Wildman–Crippen MR) is 113 cm³/mol. The van der Waals surface area contributed by atoms with Gasteiger partial charge >= 0.3 is 5.97 Å². The van der Waals surface area contributed by atoms with Crippen molar-refractivity contribution in [2.24, 2.45) is 5.16 Å². The number of carboxylic acids is 1. The molecule has 160 valence electrons. The number of allylic oxidation sites excluding steroid dienone is 1. The Hall–Kier alpha value is -3.30. The van der Waals surface area contributed by atoms with E-state index < -0.39 is 34.9 Å². The number of carbonyl (C=O) groups is 3. The van der Waals surface area contributed by atoms with E-state index in [1.54, 1.807) is 12.2 Å². The number of thiazole rings is 1. The second-order valence-corrected chi connectivity index (χ2v) is 9.02. The number of oxime groups is 1. The number of nitrogens with zero attached hydrogens (tertiary/aromatic N) is 5. The predicted octanol–water partition coefficient (Wildman–Crippen LogP) is 0.207. The number of aromatic nitrogens is 3. The first kappa shape index (κ1) is 21.0. The number of anilines is 1. The van der Waals surface area contributed by atoms with Crippen LogP contribution in [0.15, 0.2) is 34.1 Å². The molecule has 4 heterocycles. The highest BCUT2D eigenvalue weighted by atomic mass is 32.2. The third-order valence-electron chi connectivity index (χ3n) is 4.39. The maximum absolute atomic E-state index is 12.7. The molecule has 0 spiro atoms. The average Bonchev–Trinajstić information content (AvgIpc) is 3.42. The molecule has 0 aliphatic carbocycles. The lowest BCUT2D eigenvalue weighted by Crippen LogP contribution is -2.71. The summed E-state index contributed by atoms with van der Waals surface area (Å²) in [7, 11) is 0. The highest BCUT2D eigenvalue weighted by Gasteiger charge is 2.54. The minimum absolute atomic E-state index is 0.0681. The third kappa shape index (κ3) is 3.89. The summed E-state index contributed by atoms with van der Waals surface area (Å²) in [6, 6.07) is -0.976. The zero-order chi connectivity index (χ0) is 22.1. The maximum atomic E-state index is 12.7. The number of aliphatic carboxylic acids is 1. The van der Waals surface area contributed by atoms with E-state index in [1.807, 2.05) is 0 Å². The van der Waals surface area contributed by atoms with Crippen LogP contribution in [0, 0.1) is 0 Å². The molecule has 2 amide bonds. The first-order chi connectivity index (χ1) is 14.9. The molecule has 0 bridgehead atoms. The van der Waals surface area contributed by atoms with Crippen LogP contribution in [0.3, 0.4) is 0 Å². The minimum Gasteiger partial charge on any atom is -0.477 e. The number of nitrogen functional groups attached to an aromatic ring is 1. The van der Waals surface area contributed by atoms with Gasteiger partial charge in [-0.15, -0.1) is 28.2 Å². The Morgan fingerprint density at radius 3 is 2.81 bits per heavy atom. The highest BCUT2D eigenvalue weighted by molar-refractivity contribution is 8.00. The summed E-state index contributed by atoms with van der Waals surface area (Å²) in [6.45, 7) is 0. The van der Waals surface area contributed by atoms with Gasteiger partial charge in [-0.1, -0.05) is 15.7 Å². The molecule has 31 heavy (non-hydrogen) atoms. The largest absolute Gasteiger partial charge is 0.477 e. The van der Waals surface area contributed by atoms with Gasteiger partial charge in [0.2, 0.25) is 0 Å². The Kier molecular flexibility index (Phi) is 5.71. The van der Waals surface area contributed by atoms with Crippen molar-refractivity contribution in [3.05, 3.63) is 39.5 Å².